The molecule has 1 aromatic rings. The summed E-state index contributed by atoms with van der Waals surface area (Å²) in [6.07, 6.45) is 3.88. The van der Waals surface area contributed by atoms with Crippen LogP contribution in [0.25, 0.3) is 0 Å². The van der Waals surface area contributed by atoms with Crippen molar-refractivity contribution in [2.24, 2.45) is 5.92 Å². The van der Waals surface area contributed by atoms with Gasteiger partial charge in [0.15, 0.2) is 0 Å². The number of hydrogen-bond donors (Lipinski definition) is 1. The Kier molecular flexibility index (Phi) is 5.32. The number of imidazole rings is 1. The van der Waals surface area contributed by atoms with Crippen molar-refractivity contribution in [2.75, 3.05) is 31.6 Å². The molecule has 0 aliphatic rings. The molecule has 0 aliphatic heterocycles. The van der Waals surface area contributed by atoms with Crippen LogP contribution >= 0.6 is 0 Å². The van der Waals surface area contributed by atoms with E-state index in [0.29, 0.717) is 5.92 Å². The first-order valence-corrected chi connectivity index (χ1v) is 6.08. The molecular weight excluding hydrogens is 200 g/mol. The molecule has 4 heteroatoms. The fraction of sp³-hybridized carbons (Fsp3) is 0.750. The number of hydrogen-bond acceptors (Lipinski definition) is 3. The minimum atomic E-state index is 0.711. The van der Waals surface area contributed by atoms with Gasteiger partial charge >= 0.3 is 0 Å². The van der Waals surface area contributed by atoms with Crippen LogP contribution < -0.4 is 10.2 Å². The molecule has 0 unspecified atom stereocenters. The summed E-state index contributed by atoms with van der Waals surface area (Å²) < 4.78 is 2.16. The lowest BCUT2D eigenvalue weighted by atomic mass is 10.2. The van der Waals surface area contributed by atoms with E-state index in [1.807, 2.05) is 12.4 Å². The molecule has 1 rings (SSSR count). The Morgan fingerprint density at radius 3 is 2.88 bits per heavy atom. The van der Waals surface area contributed by atoms with E-state index in [0.717, 1.165) is 32.1 Å². The fourth-order valence-corrected chi connectivity index (χ4v) is 1.62. The highest BCUT2D eigenvalue weighted by Crippen LogP contribution is 2.08. The van der Waals surface area contributed by atoms with E-state index in [1.54, 1.807) is 0 Å². The second-order valence-electron chi connectivity index (χ2n) is 4.53. The summed E-state index contributed by atoms with van der Waals surface area (Å²) in [7, 11) is 2.09. The molecule has 92 valence electrons. The number of aryl methyl sites for hydroxylation is 1. The predicted molar refractivity (Wildman–Crippen MR) is 68.9 cm³/mol. The Labute approximate surface area is 98.7 Å². The van der Waals surface area contributed by atoms with Crippen molar-refractivity contribution in [1.29, 1.82) is 0 Å². The first-order valence-electron chi connectivity index (χ1n) is 6.08. The lowest BCUT2D eigenvalue weighted by molar-refractivity contribution is 0.552. The van der Waals surface area contributed by atoms with Crippen molar-refractivity contribution in [3.63, 3.8) is 0 Å². The molecule has 1 N–H and O–H groups in total. The monoisotopic (exact) mass is 224 g/mol. The Morgan fingerprint density at radius 2 is 2.25 bits per heavy atom. The topological polar surface area (TPSA) is 33.1 Å². The highest BCUT2D eigenvalue weighted by molar-refractivity contribution is 5.29. The summed E-state index contributed by atoms with van der Waals surface area (Å²) in [6.45, 7) is 10.6. The van der Waals surface area contributed by atoms with E-state index >= 15 is 0 Å². The summed E-state index contributed by atoms with van der Waals surface area (Å²) in [5.74, 6) is 1.76. The van der Waals surface area contributed by atoms with Crippen LogP contribution in [0.5, 0.6) is 0 Å². The minimum absolute atomic E-state index is 0.711. The Morgan fingerprint density at radius 1 is 1.50 bits per heavy atom. The van der Waals surface area contributed by atoms with Crippen LogP contribution in [0.4, 0.5) is 5.95 Å². The summed E-state index contributed by atoms with van der Waals surface area (Å²) >= 11 is 0. The third-order valence-corrected chi connectivity index (χ3v) is 2.55. The molecule has 0 saturated heterocycles. The van der Waals surface area contributed by atoms with Crippen molar-refractivity contribution in [3.05, 3.63) is 12.4 Å². The van der Waals surface area contributed by atoms with Crippen molar-refractivity contribution >= 4 is 5.95 Å². The summed E-state index contributed by atoms with van der Waals surface area (Å²) in [4.78, 5) is 6.55. The molecule has 0 spiro atoms. The number of nitrogens with zero attached hydrogens (tertiary/aromatic N) is 3. The second-order valence-corrected chi connectivity index (χ2v) is 4.53. The van der Waals surface area contributed by atoms with Crippen LogP contribution in [-0.2, 0) is 6.54 Å². The van der Waals surface area contributed by atoms with Crippen molar-refractivity contribution < 1.29 is 0 Å². The number of nitrogens with one attached hydrogen (secondary N) is 1. The van der Waals surface area contributed by atoms with Gasteiger partial charge in [0.1, 0.15) is 0 Å². The van der Waals surface area contributed by atoms with Gasteiger partial charge in [-0.05, 0) is 19.4 Å². The standard InChI is InChI=1S/C12H24N4/c1-5-16-9-7-14-12(16)15(4)8-6-13-10-11(2)3/h7,9,11,13H,5-6,8,10H2,1-4H3. The third kappa shape index (κ3) is 3.85. The maximum Gasteiger partial charge on any atom is 0.205 e. The quantitative estimate of drug-likeness (QED) is 0.714. The molecule has 0 aromatic carbocycles. The van der Waals surface area contributed by atoms with Crippen molar-refractivity contribution in [3.8, 4) is 0 Å². The van der Waals surface area contributed by atoms with Gasteiger partial charge in [0.25, 0.3) is 0 Å². The lowest BCUT2D eigenvalue weighted by Crippen LogP contribution is -2.32. The Bertz CT molecular complexity index is 293. The zero-order valence-corrected chi connectivity index (χ0v) is 10.9. The van der Waals surface area contributed by atoms with Crippen LogP contribution in [0.2, 0.25) is 0 Å². The van der Waals surface area contributed by atoms with E-state index in [4.69, 9.17) is 0 Å². The fourth-order valence-electron chi connectivity index (χ4n) is 1.62. The molecule has 1 heterocycles. The number of rotatable bonds is 7. The van der Waals surface area contributed by atoms with Gasteiger partial charge in [-0.15, -0.1) is 0 Å². The second kappa shape index (κ2) is 6.53. The summed E-state index contributed by atoms with van der Waals surface area (Å²) in [6, 6.07) is 0. The zero-order chi connectivity index (χ0) is 12.0. The minimum Gasteiger partial charge on any atom is -0.344 e. The van der Waals surface area contributed by atoms with Gasteiger partial charge in [0, 0.05) is 39.1 Å². The Hall–Kier alpha value is -1.03. The van der Waals surface area contributed by atoms with E-state index in [1.165, 1.54) is 0 Å². The van der Waals surface area contributed by atoms with Crippen LogP contribution in [0, 0.1) is 5.92 Å². The van der Waals surface area contributed by atoms with Crippen molar-refractivity contribution in [2.45, 2.75) is 27.3 Å². The Balaban J connectivity index is 2.32. The van der Waals surface area contributed by atoms with Crippen LogP contribution in [-0.4, -0.2) is 36.2 Å². The number of likely N-dealkylation sites (N-methyl/N-ethyl adjacent to an activating group) is 1. The van der Waals surface area contributed by atoms with Crippen LogP contribution in [0.1, 0.15) is 20.8 Å². The largest absolute Gasteiger partial charge is 0.344 e. The molecule has 0 aliphatic carbocycles. The number of anilines is 1. The maximum atomic E-state index is 4.36. The highest BCUT2D eigenvalue weighted by atomic mass is 15.3. The average Bonchev–Trinajstić information content (AvgIpc) is 2.71. The van der Waals surface area contributed by atoms with E-state index in [-0.39, 0.29) is 0 Å². The van der Waals surface area contributed by atoms with Gasteiger partial charge in [-0.1, -0.05) is 13.8 Å². The van der Waals surface area contributed by atoms with E-state index in [9.17, 15) is 0 Å². The van der Waals surface area contributed by atoms with Gasteiger partial charge in [0.05, 0.1) is 0 Å². The van der Waals surface area contributed by atoms with Gasteiger partial charge in [0.2, 0.25) is 5.95 Å². The maximum absolute atomic E-state index is 4.36. The zero-order valence-electron chi connectivity index (χ0n) is 10.9. The molecule has 0 atom stereocenters. The molecule has 0 fully saturated rings. The highest BCUT2D eigenvalue weighted by Gasteiger charge is 2.06. The molecule has 1 aromatic heterocycles. The predicted octanol–water partition coefficient (Wildman–Crippen LogP) is 1.58. The van der Waals surface area contributed by atoms with Crippen LogP contribution in [0.15, 0.2) is 12.4 Å². The third-order valence-electron chi connectivity index (χ3n) is 2.55. The normalized spacial score (nSPS) is 11.1. The first kappa shape index (κ1) is 13.0. The van der Waals surface area contributed by atoms with Crippen LogP contribution in [0.3, 0.4) is 0 Å². The molecule has 0 saturated carbocycles. The molecule has 4 nitrogen and oxygen atoms in total. The first-order chi connectivity index (χ1) is 7.65. The molecule has 16 heavy (non-hydrogen) atoms. The average molecular weight is 224 g/mol. The molecule has 0 bridgehead atoms. The number of aromatic nitrogens is 2. The summed E-state index contributed by atoms with van der Waals surface area (Å²) in [5, 5.41) is 3.44. The molecular formula is C12H24N4. The van der Waals surface area contributed by atoms with Gasteiger partial charge < -0.3 is 14.8 Å². The SMILES string of the molecule is CCn1ccnc1N(C)CCNCC(C)C. The smallest absolute Gasteiger partial charge is 0.205 e. The molecule has 0 amide bonds. The van der Waals surface area contributed by atoms with Gasteiger partial charge in [-0.3, -0.25) is 0 Å². The lowest BCUT2D eigenvalue weighted by Gasteiger charge is -2.19. The van der Waals surface area contributed by atoms with Gasteiger partial charge in [-0.2, -0.15) is 0 Å². The van der Waals surface area contributed by atoms with Crippen molar-refractivity contribution in [1.82, 2.24) is 14.9 Å². The van der Waals surface area contributed by atoms with Gasteiger partial charge in [-0.25, -0.2) is 4.98 Å². The summed E-state index contributed by atoms with van der Waals surface area (Å²) in [5.41, 5.74) is 0. The molecule has 0 radical (unpaired) electrons. The van der Waals surface area contributed by atoms with E-state index in [2.05, 4.69) is 47.6 Å². The van der Waals surface area contributed by atoms with E-state index < -0.39 is 0 Å².